The zero-order chi connectivity index (χ0) is 15.7. The first kappa shape index (κ1) is 16.8. The zero-order valence-corrected chi connectivity index (χ0v) is 12.6. The fraction of sp³-hybridized carbons (Fsp3) is 0.467. The van der Waals surface area contributed by atoms with Gasteiger partial charge in [-0.15, -0.1) is 0 Å². The maximum atomic E-state index is 11.8. The van der Waals surface area contributed by atoms with Crippen LogP contribution in [0.5, 0.6) is 5.75 Å². The maximum Gasteiger partial charge on any atom is 0.224 e. The number of ether oxygens (including phenoxy) is 1. The predicted octanol–water partition coefficient (Wildman–Crippen LogP) is 1.91. The second-order valence-electron chi connectivity index (χ2n) is 4.70. The summed E-state index contributed by atoms with van der Waals surface area (Å²) in [5.41, 5.74) is 6.79. The molecule has 1 aromatic carbocycles. The predicted molar refractivity (Wildman–Crippen MR) is 83.2 cm³/mol. The molecule has 0 saturated heterocycles. The summed E-state index contributed by atoms with van der Waals surface area (Å²) in [5.74, 6) is 0.433. The molecule has 0 spiro atoms. The molecule has 0 bridgehead atoms. The number of hydrogen-bond donors (Lipinski definition) is 3. The minimum atomic E-state index is -0.168. The van der Waals surface area contributed by atoms with Crippen LogP contribution in [-0.4, -0.2) is 25.5 Å². The minimum absolute atomic E-state index is 0.0226. The van der Waals surface area contributed by atoms with E-state index in [0.717, 1.165) is 6.42 Å². The lowest BCUT2D eigenvalue weighted by atomic mass is 10.2. The number of carbonyl (C=O) groups is 2. The first-order chi connectivity index (χ1) is 10.1. The molecular weight excluding hydrogens is 270 g/mol. The molecule has 1 aromatic rings. The summed E-state index contributed by atoms with van der Waals surface area (Å²) < 4.78 is 5.08. The highest BCUT2D eigenvalue weighted by atomic mass is 16.5. The summed E-state index contributed by atoms with van der Waals surface area (Å²) in [6.45, 7) is 2.66. The molecule has 21 heavy (non-hydrogen) atoms. The van der Waals surface area contributed by atoms with E-state index in [0.29, 0.717) is 36.5 Å². The van der Waals surface area contributed by atoms with Gasteiger partial charge < -0.3 is 21.1 Å². The Hall–Kier alpha value is -2.24. The Balaban J connectivity index is 2.38. The number of carbonyl (C=O) groups excluding carboxylic acids is 2. The number of amides is 2. The molecular formula is C15H23N3O3. The van der Waals surface area contributed by atoms with Crippen LogP contribution in [0.1, 0.15) is 32.6 Å². The van der Waals surface area contributed by atoms with Crippen molar-refractivity contribution in [2.24, 2.45) is 0 Å². The molecule has 6 nitrogen and oxygen atoms in total. The molecule has 4 N–H and O–H groups in total. The Morgan fingerprint density at radius 1 is 1.24 bits per heavy atom. The van der Waals surface area contributed by atoms with Crippen molar-refractivity contribution in [3.05, 3.63) is 18.2 Å². The van der Waals surface area contributed by atoms with Gasteiger partial charge in [-0.25, -0.2) is 0 Å². The Kier molecular flexibility index (Phi) is 7.08. The molecule has 0 aliphatic rings. The van der Waals surface area contributed by atoms with Crippen LogP contribution in [0.25, 0.3) is 0 Å². The van der Waals surface area contributed by atoms with Gasteiger partial charge in [-0.1, -0.05) is 6.92 Å². The zero-order valence-electron chi connectivity index (χ0n) is 12.6. The normalized spacial score (nSPS) is 10.0. The van der Waals surface area contributed by atoms with Gasteiger partial charge in [-0.2, -0.15) is 0 Å². The lowest BCUT2D eigenvalue weighted by Gasteiger charge is -2.10. The van der Waals surface area contributed by atoms with E-state index >= 15 is 0 Å². The third-order valence-electron chi connectivity index (χ3n) is 2.91. The van der Waals surface area contributed by atoms with Gasteiger partial charge in [0.2, 0.25) is 11.8 Å². The van der Waals surface area contributed by atoms with Gasteiger partial charge >= 0.3 is 0 Å². The van der Waals surface area contributed by atoms with Crippen molar-refractivity contribution in [3.8, 4) is 5.75 Å². The molecule has 0 atom stereocenters. The van der Waals surface area contributed by atoms with Crippen LogP contribution < -0.4 is 21.1 Å². The van der Waals surface area contributed by atoms with Crippen LogP contribution in [-0.2, 0) is 9.59 Å². The molecule has 0 saturated carbocycles. The molecule has 2 amide bonds. The first-order valence-corrected chi connectivity index (χ1v) is 7.07. The van der Waals surface area contributed by atoms with Gasteiger partial charge in [0.15, 0.2) is 0 Å². The van der Waals surface area contributed by atoms with E-state index in [4.69, 9.17) is 10.5 Å². The van der Waals surface area contributed by atoms with E-state index in [1.807, 2.05) is 6.92 Å². The largest absolute Gasteiger partial charge is 0.497 e. The van der Waals surface area contributed by atoms with Crippen LogP contribution in [0.4, 0.5) is 11.4 Å². The summed E-state index contributed by atoms with van der Waals surface area (Å²) in [4.78, 5) is 23.2. The molecule has 1 rings (SSSR count). The Morgan fingerprint density at radius 2 is 1.95 bits per heavy atom. The maximum absolute atomic E-state index is 11.8. The Bertz CT molecular complexity index is 489. The van der Waals surface area contributed by atoms with Crippen LogP contribution in [0.3, 0.4) is 0 Å². The average molecular weight is 293 g/mol. The van der Waals surface area contributed by atoms with E-state index in [2.05, 4.69) is 10.6 Å². The molecule has 6 heteroatoms. The molecule has 0 fully saturated rings. The topological polar surface area (TPSA) is 93.5 Å². The summed E-state index contributed by atoms with van der Waals surface area (Å²) in [6, 6.07) is 5.07. The Morgan fingerprint density at radius 3 is 2.62 bits per heavy atom. The number of nitrogen functional groups attached to an aromatic ring is 1. The number of anilines is 2. The van der Waals surface area contributed by atoms with Gasteiger partial charge in [0, 0.05) is 25.5 Å². The summed E-state index contributed by atoms with van der Waals surface area (Å²) in [6.07, 6.45) is 2.03. The third-order valence-corrected chi connectivity index (χ3v) is 2.91. The van der Waals surface area contributed by atoms with Crippen molar-refractivity contribution < 1.29 is 14.3 Å². The van der Waals surface area contributed by atoms with Crippen molar-refractivity contribution in [2.75, 3.05) is 24.7 Å². The van der Waals surface area contributed by atoms with Crippen LogP contribution in [0.15, 0.2) is 18.2 Å². The minimum Gasteiger partial charge on any atom is -0.497 e. The SMILES string of the molecule is CCCNC(=O)CCCC(=O)Nc1cc(OC)ccc1N. The van der Waals surface area contributed by atoms with Gasteiger partial charge in [0.1, 0.15) is 5.75 Å². The number of methoxy groups -OCH3 is 1. The summed E-state index contributed by atoms with van der Waals surface area (Å²) in [5, 5.41) is 5.50. The quantitative estimate of drug-likeness (QED) is 0.638. The van der Waals surface area contributed by atoms with Gasteiger partial charge in [0.25, 0.3) is 0 Å². The smallest absolute Gasteiger partial charge is 0.224 e. The van der Waals surface area contributed by atoms with Gasteiger partial charge in [-0.3, -0.25) is 9.59 Å². The standard InChI is InChI=1S/C15H23N3O3/c1-3-9-17-14(19)5-4-6-15(20)18-13-10-11(21-2)7-8-12(13)16/h7-8,10H,3-6,9,16H2,1-2H3,(H,17,19)(H,18,20). The first-order valence-electron chi connectivity index (χ1n) is 7.07. The monoisotopic (exact) mass is 293 g/mol. The van der Waals surface area contributed by atoms with Crippen molar-refractivity contribution in [2.45, 2.75) is 32.6 Å². The average Bonchev–Trinajstić information content (AvgIpc) is 2.47. The number of rotatable bonds is 8. The summed E-state index contributed by atoms with van der Waals surface area (Å²) >= 11 is 0. The van der Waals surface area contributed by atoms with E-state index in [-0.39, 0.29) is 18.2 Å². The molecule has 0 unspecified atom stereocenters. The molecule has 0 aromatic heterocycles. The van der Waals surface area contributed by atoms with Crippen LogP contribution in [0.2, 0.25) is 0 Å². The lowest BCUT2D eigenvalue weighted by Crippen LogP contribution is -2.24. The molecule has 0 radical (unpaired) electrons. The van der Waals surface area contributed by atoms with Crippen molar-refractivity contribution in [1.29, 1.82) is 0 Å². The number of benzene rings is 1. The molecule has 116 valence electrons. The fourth-order valence-electron chi connectivity index (χ4n) is 1.75. The highest BCUT2D eigenvalue weighted by Gasteiger charge is 2.08. The molecule has 0 aliphatic carbocycles. The highest BCUT2D eigenvalue weighted by Crippen LogP contribution is 2.24. The van der Waals surface area contributed by atoms with Gasteiger partial charge in [-0.05, 0) is 25.0 Å². The second-order valence-corrected chi connectivity index (χ2v) is 4.70. The van der Waals surface area contributed by atoms with Crippen LogP contribution >= 0.6 is 0 Å². The van der Waals surface area contributed by atoms with E-state index in [1.54, 1.807) is 25.3 Å². The molecule has 0 aliphatic heterocycles. The highest BCUT2D eigenvalue weighted by molar-refractivity contribution is 5.94. The van der Waals surface area contributed by atoms with E-state index in [9.17, 15) is 9.59 Å². The van der Waals surface area contributed by atoms with Crippen molar-refractivity contribution >= 4 is 23.2 Å². The second kappa shape index (κ2) is 8.84. The number of nitrogens with one attached hydrogen (secondary N) is 2. The van der Waals surface area contributed by atoms with Gasteiger partial charge in [0.05, 0.1) is 18.5 Å². The van der Waals surface area contributed by atoms with Crippen molar-refractivity contribution in [1.82, 2.24) is 5.32 Å². The number of nitrogens with two attached hydrogens (primary N) is 1. The van der Waals surface area contributed by atoms with Crippen LogP contribution in [0, 0.1) is 0 Å². The summed E-state index contributed by atoms with van der Waals surface area (Å²) in [7, 11) is 1.55. The molecule has 0 heterocycles. The van der Waals surface area contributed by atoms with E-state index in [1.165, 1.54) is 0 Å². The fourth-order valence-corrected chi connectivity index (χ4v) is 1.75. The van der Waals surface area contributed by atoms with E-state index < -0.39 is 0 Å². The number of hydrogen-bond acceptors (Lipinski definition) is 4. The van der Waals surface area contributed by atoms with Crippen molar-refractivity contribution in [3.63, 3.8) is 0 Å². The third kappa shape index (κ3) is 6.16. The Labute approximate surface area is 125 Å². The lowest BCUT2D eigenvalue weighted by molar-refractivity contribution is -0.121.